The van der Waals surface area contributed by atoms with E-state index in [1.807, 2.05) is 60.7 Å². The number of carbonyl (C=O) groups is 1. The second-order valence-corrected chi connectivity index (χ2v) is 9.24. The fourth-order valence-corrected chi connectivity index (χ4v) is 5.56. The van der Waals surface area contributed by atoms with Crippen LogP contribution in [-0.4, -0.2) is 48.5 Å². The van der Waals surface area contributed by atoms with Crippen molar-refractivity contribution >= 4 is 15.8 Å². The molecule has 1 heterocycles. The van der Waals surface area contributed by atoms with E-state index in [1.54, 1.807) is 0 Å². The van der Waals surface area contributed by atoms with E-state index in [-0.39, 0.29) is 30.0 Å². The second-order valence-electron chi connectivity index (χ2n) is 7.02. The van der Waals surface area contributed by atoms with Gasteiger partial charge >= 0.3 is 5.97 Å². The van der Waals surface area contributed by atoms with Crippen molar-refractivity contribution in [1.82, 2.24) is 4.90 Å². The molecule has 1 fully saturated rings. The molecule has 0 spiro atoms. The van der Waals surface area contributed by atoms with Crippen molar-refractivity contribution in [3.05, 3.63) is 71.8 Å². The first-order valence-corrected chi connectivity index (χ1v) is 11.1. The van der Waals surface area contributed by atoms with Gasteiger partial charge in [0.05, 0.1) is 17.5 Å². The van der Waals surface area contributed by atoms with Crippen molar-refractivity contribution in [1.29, 1.82) is 0 Å². The fourth-order valence-electron chi connectivity index (χ4n) is 3.82. The van der Waals surface area contributed by atoms with E-state index < -0.39 is 15.8 Å². The van der Waals surface area contributed by atoms with E-state index in [0.717, 1.165) is 11.1 Å². The Balaban J connectivity index is 1.97. The van der Waals surface area contributed by atoms with Crippen LogP contribution in [0.4, 0.5) is 0 Å². The predicted molar refractivity (Wildman–Crippen MR) is 105 cm³/mol. The summed E-state index contributed by atoms with van der Waals surface area (Å²) in [6.45, 7) is 0.543. The van der Waals surface area contributed by atoms with Crippen molar-refractivity contribution < 1.29 is 18.3 Å². The lowest BCUT2D eigenvalue weighted by molar-refractivity contribution is -0.137. The quantitative estimate of drug-likeness (QED) is 0.753. The SMILES string of the molecule is O=C(O)CCCN(C(c1ccccc1)c1ccccc1)[C@H]1CCS(=O)(=O)C1. The van der Waals surface area contributed by atoms with E-state index in [2.05, 4.69) is 4.90 Å². The van der Waals surface area contributed by atoms with Crippen molar-refractivity contribution in [2.24, 2.45) is 0 Å². The van der Waals surface area contributed by atoms with E-state index in [9.17, 15) is 13.2 Å². The Bertz CT molecular complexity index is 813. The number of rotatable bonds is 8. The number of benzene rings is 2. The molecular formula is C21H25NO4S. The third-order valence-corrected chi connectivity index (χ3v) is 6.80. The Labute approximate surface area is 160 Å². The van der Waals surface area contributed by atoms with Crippen molar-refractivity contribution in [2.75, 3.05) is 18.1 Å². The molecule has 0 aliphatic carbocycles. The summed E-state index contributed by atoms with van der Waals surface area (Å²) in [5.74, 6) is -0.496. The number of aliphatic carboxylic acids is 1. The highest BCUT2D eigenvalue weighted by molar-refractivity contribution is 7.91. The summed E-state index contributed by atoms with van der Waals surface area (Å²) >= 11 is 0. The van der Waals surface area contributed by atoms with Crippen LogP contribution in [0.1, 0.15) is 36.4 Å². The number of carboxylic acid groups (broad SMARTS) is 1. The van der Waals surface area contributed by atoms with Gasteiger partial charge in [0, 0.05) is 12.5 Å². The normalized spacial score (nSPS) is 18.8. The van der Waals surface area contributed by atoms with Gasteiger partial charge in [-0.2, -0.15) is 0 Å². The highest BCUT2D eigenvalue weighted by atomic mass is 32.2. The molecule has 0 bridgehead atoms. The number of sulfone groups is 1. The summed E-state index contributed by atoms with van der Waals surface area (Å²) in [5.41, 5.74) is 2.17. The molecule has 1 N–H and O–H groups in total. The number of hydrogen-bond donors (Lipinski definition) is 1. The largest absolute Gasteiger partial charge is 0.481 e. The second kappa shape index (κ2) is 8.67. The average molecular weight is 388 g/mol. The van der Waals surface area contributed by atoms with Gasteiger partial charge in [0.1, 0.15) is 0 Å². The van der Waals surface area contributed by atoms with Crippen LogP contribution in [0.3, 0.4) is 0 Å². The van der Waals surface area contributed by atoms with Crippen LogP contribution in [0, 0.1) is 0 Å². The zero-order valence-electron chi connectivity index (χ0n) is 15.2. The summed E-state index contributed by atoms with van der Waals surface area (Å²) in [7, 11) is -3.04. The highest BCUT2D eigenvalue weighted by Crippen LogP contribution is 2.33. The standard InChI is InChI=1S/C21H25NO4S/c23-20(24)12-7-14-22(19-13-15-27(25,26)16-19)21(17-8-3-1-4-9-17)18-10-5-2-6-11-18/h1-6,8-11,19,21H,7,12-16H2,(H,23,24)/t19-/m0/s1. The van der Waals surface area contributed by atoms with Crippen LogP contribution < -0.4 is 0 Å². The third-order valence-electron chi connectivity index (χ3n) is 5.05. The van der Waals surface area contributed by atoms with E-state index >= 15 is 0 Å². The molecule has 27 heavy (non-hydrogen) atoms. The van der Waals surface area contributed by atoms with Crippen molar-refractivity contribution in [3.8, 4) is 0 Å². The molecule has 2 aromatic carbocycles. The third kappa shape index (κ3) is 5.17. The van der Waals surface area contributed by atoms with Crippen LogP contribution in [0.15, 0.2) is 60.7 Å². The zero-order valence-corrected chi connectivity index (χ0v) is 16.0. The average Bonchev–Trinajstić information content (AvgIpc) is 3.02. The molecule has 0 saturated carbocycles. The van der Waals surface area contributed by atoms with E-state index in [1.165, 1.54) is 0 Å². The zero-order chi connectivity index (χ0) is 19.3. The first-order chi connectivity index (χ1) is 13.0. The molecule has 2 aromatic rings. The van der Waals surface area contributed by atoms with Crippen LogP contribution in [0.25, 0.3) is 0 Å². The summed E-state index contributed by atoms with van der Waals surface area (Å²) in [4.78, 5) is 13.2. The van der Waals surface area contributed by atoms with Gasteiger partial charge in [-0.25, -0.2) is 8.42 Å². The molecule has 144 valence electrons. The molecule has 0 radical (unpaired) electrons. The van der Waals surface area contributed by atoms with Crippen molar-refractivity contribution in [2.45, 2.75) is 31.3 Å². The summed E-state index contributed by atoms with van der Waals surface area (Å²) < 4.78 is 24.2. The molecule has 3 rings (SSSR count). The Hall–Kier alpha value is -2.18. The molecule has 0 aromatic heterocycles. The predicted octanol–water partition coefficient (Wildman–Crippen LogP) is 3.13. The Morgan fingerprint density at radius 2 is 1.59 bits per heavy atom. The highest BCUT2D eigenvalue weighted by Gasteiger charge is 2.36. The van der Waals surface area contributed by atoms with Gasteiger partial charge in [0.25, 0.3) is 0 Å². The lowest BCUT2D eigenvalue weighted by atomic mass is 9.95. The van der Waals surface area contributed by atoms with Gasteiger partial charge in [-0.3, -0.25) is 9.69 Å². The maximum absolute atomic E-state index is 12.1. The molecule has 1 aliphatic rings. The number of nitrogens with zero attached hydrogens (tertiary/aromatic N) is 1. The Morgan fingerprint density at radius 3 is 2.04 bits per heavy atom. The minimum absolute atomic E-state index is 0.0757. The van der Waals surface area contributed by atoms with Gasteiger partial charge in [-0.05, 0) is 30.5 Å². The van der Waals surface area contributed by atoms with Crippen LogP contribution in [0.5, 0.6) is 0 Å². The van der Waals surface area contributed by atoms with Gasteiger partial charge in [0.15, 0.2) is 9.84 Å². The summed E-state index contributed by atoms with van der Waals surface area (Å²) in [6.07, 6.45) is 1.15. The smallest absolute Gasteiger partial charge is 0.303 e. The topological polar surface area (TPSA) is 74.7 Å². The number of hydrogen-bond acceptors (Lipinski definition) is 4. The first kappa shape index (κ1) is 19.6. The first-order valence-electron chi connectivity index (χ1n) is 9.24. The maximum atomic E-state index is 12.1. The van der Waals surface area contributed by atoms with Crippen molar-refractivity contribution in [3.63, 3.8) is 0 Å². The van der Waals surface area contributed by atoms with E-state index in [4.69, 9.17) is 5.11 Å². The maximum Gasteiger partial charge on any atom is 0.303 e. The molecule has 1 atom stereocenters. The lowest BCUT2D eigenvalue weighted by Gasteiger charge is -2.36. The molecule has 5 nitrogen and oxygen atoms in total. The summed E-state index contributed by atoms with van der Waals surface area (Å²) in [5, 5.41) is 9.03. The molecule has 0 amide bonds. The molecule has 1 aliphatic heterocycles. The number of carboxylic acids is 1. The van der Waals surface area contributed by atoms with Crippen LogP contribution in [0.2, 0.25) is 0 Å². The minimum Gasteiger partial charge on any atom is -0.481 e. The van der Waals surface area contributed by atoms with Crippen LogP contribution in [-0.2, 0) is 14.6 Å². The molecular weight excluding hydrogens is 362 g/mol. The minimum atomic E-state index is -3.04. The van der Waals surface area contributed by atoms with Gasteiger partial charge in [-0.15, -0.1) is 0 Å². The monoisotopic (exact) mass is 387 g/mol. The van der Waals surface area contributed by atoms with Gasteiger partial charge in [-0.1, -0.05) is 60.7 Å². The Kier molecular flexibility index (Phi) is 6.29. The van der Waals surface area contributed by atoms with E-state index in [0.29, 0.717) is 19.4 Å². The summed E-state index contributed by atoms with van der Waals surface area (Å²) in [6, 6.07) is 19.8. The van der Waals surface area contributed by atoms with Gasteiger partial charge < -0.3 is 5.11 Å². The molecule has 1 saturated heterocycles. The lowest BCUT2D eigenvalue weighted by Crippen LogP contribution is -2.40. The Morgan fingerprint density at radius 1 is 1.04 bits per heavy atom. The fraction of sp³-hybridized carbons (Fsp3) is 0.381. The van der Waals surface area contributed by atoms with Gasteiger partial charge in [0.2, 0.25) is 0 Å². The molecule has 6 heteroatoms. The molecule has 0 unspecified atom stereocenters. The van der Waals surface area contributed by atoms with Crippen LogP contribution >= 0.6 is 0 Å².